The summed E-state index contributed by atoms with van der Waals surface area (Å²) in [4.78, 5) is 11.8. The molecule has 0 aliphatic carbocycles. The molecule has 0 atom stereocenters. The first-order valence-electron chi connectivity index (χ1n) is 11.8. The molecular weight excluding hydrogens is 384 g/mol. The summed E-state index contributed by atoms with van der Waals surface area (Å²) in [5.41, 5.74) is 3.96. The third-order valence-corrected chi connectivity index (χ3v) is 5.38. The molecule has 3 heteroatoms. The lowest BCUT2D eigenvalue weighted by atomic mass is 10.0. The van der Waals surface area contributed by atoms with E-state index >= 15 is 0 Å². The Morgan fingerprint density at radius 3 is 1.97 bits per heavy atom. The zero-order valence-electron chi connectivity index (χ0n) is 19.5. The molecule has 0 aliphatic rings. The smallest absolute Gasteiger partial charge is 0.338 e. The largest absolute Gasteiger partial charge is 0.494 e. The summed E-state index contributed by atoms with van der Waals surface area (Å²) < 4.78 is 10.9. The van der Waals surface area contributed by atoms with Crippen LogP contribution in [0.1, 0.15) is 93.6 Å². The summed E-state index contributed by atoms with van der Waals surface area (Å²) in [6, 6.07) is 15.8. The third-order valence-electron chi connectivity index (χ3n) is 5.38. The summed E-state index contributed by atoms with van der Waals surface area (Å²) in [5, 5.41) is 0. The zero-order chi connectivity index (χ0) is 22.3. The van der Waals surface area contributed by atoms with Crippen molar-refractivity contribution in [3.63, 3.8) is 0 Å². The van der Waals surface area contributed by atoms with Crippen LogP contribution in [0.15, 0.2) is 48.5 Å². The normalized spacial score (nSPS) is 11.4. The Labute approximate surface area is 188 Å². The van der Waals surface area contributed by atoms with Crippen LogP contribution < -0.4 is 4.74 Å². The monoisotopic (exact) mass is 422 g/mol. The van der Waals surface area contributed by atoms with E-state index in [4.69, 9.17) is 9.47 Å². The quantitative estimate of drug-likeness (QED) is 0.176. The summed E-state index contributed by atoms with van der Waals surface area (Å²) in [5.74, 6) is 0.649. The van der Waals surface area contributed by atoms with Crippen molar-refractivity contribution in [1.82, 2.24) is 0 Å². The van der Waals surface area contributed by atoms with E-state index in [1.54, 1.807) is 12.1 Å². The summed E-state index contributed by atoms with van der Waals surface area (Å²) in [6.07, 6.45) is 12.6. The molecule has 0 N–H and O–H groups in total. The average molecular weight is 423 g/mol. The van der Waals surface area contributed by atoms with Crippen molar-refractivity contribution < 1.29 is 14.3 Å². The van der Waals surface area contributed by atoms with Gasteiger partial charge in [-0.2, -0.15) is 0 Å². The highest BCUT2D eigenvalue weighted by molar-refractivity contribution is 5.90. The number of unbranched alkanes of at least 4 members (excludes halogenated alkanes) is 7. The zero-order valence-corrected chi connectivity index (χ0v) is 19.5. The van der Waals surface area contributed by atoms with Crippen molar-refractivity contribution in [1.29, 1.82) is 0 Å². The molecule has 0 bridgehead atoms. The minimum atomic E-state index is -0.280. The molecule has 168 valence electrons. The van der Waals surface area contributed by atoms with Crippen LogP contribution in [-0.4, -0.2) is 19.2 Å². The van der Waals surface area contributed by atoms with Gasteiger partial charge in [0.05, 0.1) is 18.8 Å². The van der Waals surface area contributed by atoms with Gasteiger partial charge in [-0.3, -0.25) is 0 Å². The minimum absolute atomic E-state index is 0.280. The number of rotatable bonds is 14. The summed E-state index contributed by atoms with van der Waals surface area (Å²) in [6.45, 7) is 7.34. The maximum atomic E-state index is 11.8. The van der Waals surface area contributed by atoms with Crippen molar-refractivity contribution in [2.24, 2.45) is 0 Å². The van der Waals surface area contributed by atoms with E-state index in [0.717, 1.165) is 29.9 Å². The molecule has 0 fully saturated rings. The van der Waals surface area contributed by atoms with Crippen molar-refractivity contribution in [3.8, 4) is 5.75 Å². The predicted octanol–water partition coefficient (Wildman–Crippen LogP) is 7.94. The van der Waals surface area contributed by atoms with Gasteiger partial charge in [0.2, 0.25) is 0 Å². The van der Waals surface area contributed by atoms with Crippen LogP contribution in [0.4, 0.5) is 0 Å². The maximum absolute atomic E-state index is 11.8. The molecule has 0 aromatic heterocycles. The molecule has 31 heavy (non-hydrogen) atoms. The van der Waals surface area contributed by atoms with E-state index in [2.05, 4.69) is 32.1 Å². The van der Waals surface area contributed by atoms with Gasteiger partial charge in [0.15, 0.2) is 0 Å². The second-order valence-corrected chi connectivity index (χ2v) is 8.02. The molecule has 0 unspecified atom stereocenters. The number of allylic oxidation sites excluding steroid dienone is 1. The maximum Gasteiger partial charge on any atom is 0.338 e. The molecule has 2 rings (SSSR count). The van der Waals surface area contributed by atoms with Crippen LogP contribution in [0.2, 0.25) is 0 Å². The van der Waals surface area contributed by atoms with Crippen LogP contribution in [0, 0.1) is 0 Å². The van der Waals surface area contributed by atoms with E-state index in [-0.39, 0.29) is 5.97 Å². The summed E-state index contributed by atoms with van der Waals surface area (Å²) >= 11 is 0. The Kier molecular flexibility index (Phi) is 11.5. The third kappa shape index (κ3) is 9.42. The molecule has 3 nitrogen and oxygen atoms in total. The van der Waals surface area contributed by atoms with Gasteiger partial charge in [-0.15, -0.1) is 0 Å². The highest BCUT2D eigenvalue weighted by Crippen LogP contribution is 2.21. The minimum Gasteiger partial charge on any atom is -0.494 e. The highest BCUT2D eigenvalue weighted by Gasteiger charge is 2.05. The van der Waals surface area contributed by atoms with Crippen LogP contribution in [0.5, 0.6) is 5.75 Å². The van der Waals surface area contributed by atoms with Crippen molar-refractivity contribution in [2.75, 3.05) is 13.2 Å². The van der Waals surface area contributed by atoms with Crippen molar-refractivity contribution in [2.45, 2.75) is 72.1 Å². The van der Waals surface area contributed by atoms with Crippen LogP contribution >= 0.6 is 0 Å². The van der Waals surface area contributed by atoms with Crippen LogP contribution in [-0.2, 0) is 4.74 Å². The van der Waals surface area contributed by atoms with Gasteiger partial charge in [-0.25, -0.2) is 4.79 Å². The van der Waals surface area contributed by atoms with Gasteiger partial charge >= 0.3 is 5.97 Å². The van der Waals surface area contributed by atoms with Gasteiger partial charge in [-0.1, -0.05) is 82.2 Å². The molecular formula is C28H38O3. The van der Waals surface area contributed by atoms with Crippen LogP contribution in [0.3, 0.4) is 0 Å². The molecule has 0 saturated carbocycles. The molecule has 2 aromatic rings. The first-order valence-corrected chi connectivity index (χ1v) is 11.8. The predicted molar refractivity (Wildman–Crippen MR) is 130 cm³/mol. The second kappa shape index (κ2) is 14.5. The highest BCUT2D eigenvalue weighted by atomic mass is 16.5. The lowest BCUT2D eigenvalue weighted by molar-refractivity contribution is 0.0526. The fourth-order valence-electron chi connectivity index (χ4n) is 3.50. The molecule has 2 aromatic carbocycles. The number of hydrogen-bond acceptors (Lipinski definition) is 3. The first-order chi connectivity index (χ1) is 15.1. The van der Waals surface area contributed by atoms with Crippen molar-refractivity contribution >= 4 is 17.6 Å². The van der Waals surface area contributed by atoms with Gasteiger partial charge in [-0.05, 0) is 61.2 Å². The number of carbonyl (C=O) groups excluding carboxylic acids is 1. The Hall–Kier alpha value is -2.55. The number of hydrogen-bond donors (Lipinski definition) is 0. The fraction of sp³-hybridized carbons (Fsp3) is 0.464. The number of carbonyl (C=O) groups is 1. The molecule has 0 amide bonds. The molecule has 0 saturated heterocycles. The van der Waals surface area contributed by atoms with Crippen molar-refractivity contribution in [3.05, 3.63) is 65.2 Å². The van der Waals surface area contributed by atoms with E-state index in [0.29, 0.717) is 12.2 Å². The molecule has 0 heterocycles. The van der Waals surface area contributed by atoms with Gasteiger partial charge in [0.1, 0.15) is 5.75 Å². The average Bonchev–Trinajstić information content (AvgIpc) is 2.79. The van der Waals surface area contributed by atoms with Gasteiger partial charge in [0, 0.05) is 0 Å². The standard InChI is InChI=1S/C28H38O3/c1-4-6-7-8-9-10-11-12-21-31-27-19-17-25(18-20-27)23(3)22-24-13-15-26(16-14-24)28(29)30-5-2/h13-20,22H,4-12,21H2,1-3H3/b23-22+. The lowest BCUT2D eigenvalue weighted by Crippen LogP contribution is -2.03. The molecule has 0 spiro atoms. The number of esters is 1. The Bertz CT molecular complexity index is 788. The lowest BCUT2D eigenvalue weighted by Gasteiger charge is -2.08. The SMILES string of the molecule is CCCCCCCCCCOc1ccc(/C(C)=C/c2ccc(C(=O)OCC)cc2)cc1. The Balaban J connectivity index is 1.76. The Morgan fingerprint density at radius 2 is 1.35 bits per heavy atom. The fourth-order valence-corrected chi connectivity index (χ4v) is 3.50. The molecule has 0 aliphatic heterocycles. The van der Waals surface area contributed by atoms with E-state index in [9.17, 15) is 4.79 Å². The number of benzene rings is 2. The van der Waals surface area contributed by atoms with E-state index in [1.807, 2.05) is 31.2 Å². The van der Waals surface area contributed by atoms with Gasteiger partial charge in [0.25, 0.3) is 0 Å². The first kappa shape index (κ1) is 24.7. The summed E-state index contributed by atoms with van der Waals surface area (Å²) in [7, 11) is 0. The van der Waals surface area contributed by atoms with E-state index < -0.39 is 0 Å². The topological polar surface area (TPSA) is 35.5 Å². The van der Waals surface area contributed by atoms with E-state index in [1.165, 1.54) is 50.5 Å². The number of ether oxygens (including phenoxy) is 2. The van der Waals surface area contributed by atoms with Crippen LogP contribution in [0.25, 0.3) is 11.6 Å². The Morgan fingerprint density at radius 1 is 0.774 bits per heavy atom. The second-order valence-electron chi connectivity index (χ2n) is 8.02. The van der Waals surface area contributed by atoms with Gasteiger partial charge < -0.3 is 9.47 Å². The molecule has 0 radical (unpaired) electrons.